The smallest absolute Gasteiger partial charge is 0.259 e. The van der Waals surface area contributed by atoms with E-state index in [2.05, 4.69) is 0 Å². The molecule has 2 heterocycles. The van der Waals surface area contributed by atoms with Crippen LogP contribution in [0.2, 0.25) is 0 Å². The SMILES string of the molecule is Cl.NCC1CN(C(=O)C2(c3ccccc3)CCCO2)CCCO1. The van der Waals surface area contributed by atoms with Crippen LogP contribution in [0.25, 0.3) is 0 Å². The van der Waals surface area contributed by atoms with Gasteiger partial charge < -0.3 is 20.1 Å². The van der Waals surface area contributed by atoms with E-state index in [9.17, 15) is 4.79 Å². The molecule has 23 heavy (non-hydrogen) atoms. The van der Waals surface area contributed by atoms with Crippen molar-refractivity contribution in [2.24, 2.45) is 5.73 Å². The van der Waals surface area contributed by atoms with Crippen LogP contribution in [0.5, 0.6) is 0 Å². The number of hydrogen-bond acceptors (Lipinski definition) is 4. The molecule has 1 aromatic rings. The molecule has 6 heteroatoms. The van der Waals surface area contributed by atoms with Gasteiger partial charge in [0.25, 0.3) is 5.91 Å². The molecule has 2 unspecified atom stereocenters. The Hall–Kier alpha value is -1.14. The molecule has 2 aliphatic heterocycles. The second kappa shape index (κ2) is 8.11. The van der Waals surface area contributed by atoms with Crippen molar-refractivity contribution in [3.05, 3.63) is 35.9 Å². The summed E-state index contributed by atoms with van der Waals surface area (Å²) in [6, 6.07) is 9.84. The van der Waals surface area contributed by atoms with E-state index in [1.807, 2.05) is 35.2 Å². The zero-order valence-corrected chi connectivity index (χ0v) is 14.1. The maximum Gasteiger partial charge on any atom is 0.259 e. The molecular formula is C17H25ClN2O3. The molecule has 0 saturated carbocycles. The number of rotatable bonds is 3. The fourth-order valence-electron chi connectivity index (χ4n) is 3.34. The van der Waals surface area contributed by atoms with Crippen molar-refractivity contribution in [1.82, 2.24) is 4.90 Å². The number of benzene rings is 1. The fraction of sp³-hybridized carbons (Fsp3) is 0.588. The number of carbonyl (C=O) groups is 1. The number of amides is 1. The van der Waals surface area contributed by atoms with Crippen molar-refractivity contribution < 1.29 is 14.3 Å². The van der Waals surface area contributed by atoms with Gasteiger partial charge in [0.15, 0.2) is 5.60 Å². The molecule has 0 aromatic heterocycles. The summed E-state index contributed by atoms with van der Waals surface area (Å²) in [5.41, 5.74) is 5.86. The van der Waals surface area contributed by atoms with E-state index >= 15 is 0 Å². The van der Waals surface area contributed by atoms with E-state index in [1.165, 1.54) is 0 Å². The summed E-state index contributed by atoms with van der Waals surface area (Å²) in [5, 5.41) is 0. The van der Waals surface area contributed by atoms with E-state index in [4.69, 9.17) is 15.2 Å². The van der Waals surface area contributed by atoms with Gasteiger partial charge in [0.05, 0.1) is 6.10 Å². The molecule has 2 aliphatic rings. The Morgan fingerprint density at radius 2 is 2.04 bits per heavy atom. The summed E-state index contributed by atoms with van der Waals surface area (Å²) in [6.45, 7) is 2.97. The first-order valence-corrected chi connectivity index (χ1v) is 8.07. The predicted octanol–water partition coefficient (Wildman–Crippen LogP) is 1.69. The highest BCUT2D eigenvalue weighted by Crippen LogP contribution is 2.38. The summed E-state index contributed by atoms with van der Waals surface area (Å²) in [7, 11) is 0. The van der Waals surface area contributed by atoms with Gasteiger partial charge in [-0.1, -0.05) is 30.3 Å². The molecule has 3 rings (SSSR count). The van der Waals surface area contributed by atoms with Crippen molar-refractivity contribution in [3.8, 4) is 0 Å². The molecule has 0 bridgehead atoms. The van der Waals surface area contributed by atoms with Gasteiger partial charge >= 0.3 is 0 Å². The number of carbonyl (C=O) groups excluding carboxylic acids is 1. The third kappa shape index (κ3) is 3.69. The number of halogens is 1. The van der Waals surface area contributed by atoms with Gasteiger partial charge in [0, 0.05) is 32.8 Å². The number of ether oxygens (including phenoxy) is 2. The molecule has 2 fully saturated rings. The number of hydrogen-bond donors (Lipinski definition) is 1. The van der Waals surface area contributed by atoms with Crippen LogP contribution in [-0.2, 0) is 19.9 Å². The monoisotopic (exact) mass is 340 g/mol. The molecule has 2 saturated heterocycles. The Morgan fingerprint density at radius 1 is 1.26 bits per heavy atom. The van der Waals surface area contributed by atoms with Crippen LogP contribution in [-0.4, -0.2) is 49.8 Å². The van der Waals surface area contributed by atoms with Gasteiger partial charge in [-0.3, -0.25) is 4.79 Å². The summed E-state index contributed by atoms with van der Waals surface area (Å²) in [4.78, 5) is 15.1. The molecule has 0 aliphatic carbocycles. The van der Waals surface area contributed by atoms with Crippen LogP contribution < -0.4 is 5.73 Å². The largest absolute Gasteiger partial charge is 0.375 e. The van der Waals surface area contributed by atoms with Crippen LogP contribution in [0.4, 0.5) is 0 Å². The molecule has 0 spiro atoms. The van der Waals surface area contributed by atoms with Crippen molar-refractivity contribution in [3.63, 3.8) is 0 Å². The van der Waals surface area contributed by atoms with Crippen LogP contribution in [0.3, 0.4) is 0 Å². The maximum atomic E-state index is 13.2. The van der Waals surface area contributed by atoms with Crippen LogP contribution in [0, 0.1) is 0 Å². The predicted molar refractivity (Wildman–Crippen MR) is 90.5 cm³/mol. The third-order valence-corrected chi connectivity index (χ3v) is 4.51. The second-order valence-electron chi connectivity index (χ2n) is 5.98. The molecule has 0 radical (unpaired) electrons. The summed E-state index contributed by atoms with van der Waals surface area (Å²) in [5.74, 6) is 0.0557. The van der Waals surface area contributed by atoms with E-state index in [0.29, 0.717) is 32.8 Å². The first kappa shape index (κ1) is 18.2. The first-order chi connectivity index (χ1) is 10.8. The molecule has 1 amide bonds. The normalized spacial score (nSPS) is 28.0. The van der Waals surface area contributed by atoms with E-state index in [-0.39, 0.29) is 24.4 Å². The highest BCUT2D eigenvalue weighted by molar-refractivity contribution is 5.87. The lowest BCUT2D eigenvalue weighted by Gasteiger charge is -2.34. The van der Waals surface area contributed by atoms with Crippen LogP contribution in [0.1, 0.15) is 24.8 Å². The summed E-state index contributed by atoms with van der Waals surface area (Å²) in [6.07, 6.45) is 2.40. The zero-order valence-electron chi connectivity index (χ0n) is 13.3. The minimum absolute atomic E-state index is 0. The van der Waals surface area contributed by atoms with Gasteiger partial charge in [-0.2, -0.15) is 0 Å². The van der Waals surface area contributed by atoms with Crippen molar-refractivity contribution in [2.45, 2.75) is 31.0 Å². The molecule has 2 N–H and O–H groups in total. The topological polar surface area (TPSA) is 64.8 Å². The van der Waals surface area contributed by atoms with Crippen LogP contribution in [0.15, 0.2) is 30.3 Å². The minimum atomic E-state index is -0.829. The molecule has 5 nitrogen and oxygen atoms in total. The van der Waals surface area contributed by atoms with Gasteiger partial charge in [0.2, 0.25) is 0 Å². The first-order valence-electron chi connectivity index (χ1n) is 8.07. The number of nitrogens with two attached hydrogens (primary N) is 1. The highest BCUT2D eigenvalue weighted by atomic mass is 35.5. The van der Waals surface area contributed by atoms with Crippen molar-refractivity contribution in [1.29, 1.82) is 0 Å². The average Bonchev–Trinajstić information content (AvgIpc) is 2.95. The Bertz CT molecular complexity index is 506. The van der Waals surface area contributed by atoms with Crippen molar-refractivity contribution in [2.75, 3.05) is 32.8 Å². The lowest BCUT2D eigenvalue weighted by atomic mass is 9.89. The number of nitrogens with zero attached hydrogens (tertiary/aromatic N) is 1. The van der Waals surface area contributed by atoms with E-state index in [0.717, 1.165) is 24.8 Å². The second-order valence-corrected chi connectivity index (χ2v) is 5.98. The molecule has 1 aromatic carbocycles. The van der Waals surface area contributed by atoms with Crippen molar-refractivity contribution >= 4 is 18.3 Å². The Labute approximate surface area is 143 Å². The van der Waals surface area contributed by atoms with Gasteiger partial charge in [-0.05, 0) is 24.8 Å². The van der Waals surface area contributed by atoms with Gasteiger partial charge in [0.1, 0.15) is 0 Å². The average molecular weight is 341 g/mol. The molecular weight excluding hydrogens is 316 g/mol. The highest BCUT2D eigenvalue weighted by Gasteiger charge is 2.47. The fourth-order valence-corrected chi connectivity index (χ4v) is 3.34. The van der Waals surface area contributed by atoms with Gasteiger partial charge in [-0.25, -0.2) is 0 Å². The minimum Gasteiger partial charge on any atom is -0.375 e. The summed E-state index contributed by atoms with van der Waals surface area (Å²) >= 11 is 0. The molecule has 2 atom stereocenters. The lowest BCUT2D eigenvalue weighted by Crippen LogP contribution is -2.49. The van der Waals surface area contributed by atoms with E-state index < -0.39 is 5.60 Å². The molecule has 128 valence electrons. The standard InChI is InChI=1S/C17H24N2O3.ClH/c18-12-15-13-19(9-5-10-21-15)16(20)17(8-4-11-22-17)14-6-2-1-3-7-14;/h1-3,6-7,15H,4-5,8-13,18H2;1H. The third-order valence-electron chi connectivity index (χ3n) is 4.51. The lowest BCUT2D eigenvalue weighted by molar-refractivity contribution is -0.155. The van der Waals surface area contributed by atoms with Gasteiger partial charge in [-0.15, -0.1) is 12.4 Å². The Kier molecular flexibility index (Phi) is 6.41. The van der Waals surface area contributed by atoms with E-state index in [1.54, 1.807) is 0 Å². The maximum absolute atomic E-state index is 13.2. The Morgan fingerprint density at radius 3 is 2.70 bits per heavy atom. The summed E-state index contributed by atoms with van der Waals surface area (Å²) < 4.78 is 11.7. The Balaban J connectivity index is 0.00000192. The van der Waals surface area contributed by atoms with Crippen LogP contribution >= 0.6 is 12.4 Å². The zero-order chi connectivity index (χ0) is 15.4. The quantitative estimate of drug-likeness (QED) is 0.909.